The zero-order valence-corrected chi connectivity index (χ0v) is 15.4. The van der Waals surface area contributed by atoms with E-state index in [9.17, 15) is 9.59 Å². The predicted molar refractivity (Wildman–Crippen MR) is 103 cm³/mol. The van der Waals surface area contributed by atoms with Crippen molar-refractivity contribution in [3.63, 3.8) is 0 Å². The lowest BCUT2D eigenvalue weighted by Gasteiger charge is -2.28. The van der Waals surface area contributed by atoms with Gasteiger partial charge in [-0.25, -0.2) is 0 Å². The molecule has 140 valence electrons. The quantitative estimate of drug-likeness (QED) is 0.822. The second-order valence-corrected chi connectivity index (χ2v) is 7.62. The first-order chi connectivity index (χ1) is 13.2. The highest BCUT2D eigenvalue weighted by Gasteiger charge is 2.53. The molecule has 1 spiro atoms. The Kier molecular flexibility index (Phi) is 4.97. The minimum absolute atomic E-state index is 0.0559. The maximum absolute atomic E-state index is 13.0. The van der Waals surface area contributed by atoms with Crippen LogP contribution in [-0.2, 0) is 14.3 Å². The third-order valence-corrected chi connectivity index (χ3v) is 5.97. The van der Waals surface area contributed by atoms with Crippen LogP contribution in [0.15, 0.2) is 60.7 Å². The second kappa shape index (κ2) is 7.55. The van der Waals surface area contributed by atoms with Crippen molar-refractivity contribution < 1.29 is 14.3 Å². The van der Waals surface area contributed by atoms with Gasteiger partial charge < -0.3 is 10.1 Å². The Labute approximate surface area is 159 Å². The number of hydrogen-bond donors (Lipinski definition) is 1. The fraction of sp³-hybridized carbons (Fsp3) is 0.391. The minimum atomic E-state index is -0.559. The Bertz CT molecular complexity index is 757. The van der Waals surface area contributed by atoms with Crippen LogP contribution < -0.4 is 5.32 Å². The maximum atomic E-state index is 13.0. The molecular weight excluding hydrogens is 338 g/mol. The first-order valence-electron chi connectivity index (χ1n) is 9.77. The lowest BCUT2D eigenvalue weighted by atomic mass is 9.84. The molecule has 4 heteroatoms. The summed E-state index contributed by atoms with van der Waals surface area (Å²) in [5.74, 6) is -0.576. The molecule has 0 radical (unpaired) electrons. The molecule has 1 unspecified atom stereocenters. The van der Waals surface area contributed by atoms with E-state index in [0.717, 1.165) is 25.7 Å². The Morgan fingerprint density at radius 2 is 1.56 bits per heavy atom. The van der Waals surface area contributed by atoms with Gasteiger partial charge in [0.15, 0.2) is 0 Å². The summed E-state index contributed by atoms with van der Waals surface area (Å²) in [6.07, 6.45) is 3.85. The van der Waals surface area contributed by atoms with Gasteiger partial charge in [0.25, 0.3) is 0 Å². The highest BCUT2D eigenvalue weighted by atomic mass is 16.6. The standard InChI is InChI=1S/C23H25NO3/c25-21-15-20(23(27-21)13-7-8-14-23)22(26)24-16-19(17-9-3-1-4-10-17)18-11-5-2-6-12-18/h1-6,9-12,19-20H,7-8,13-16H2,(H,24,26). The van der Waals surface area contributed by atoms with Crippen LogP contribution in [0.1, 0.15) is 49.1 Å². The van der Waals surface area contributed by atoms with Crippen LogP contribution in [0, 0.1) is 5.92 Å². The number of amides is 1. The zero-order valence-electron chi connectivity index (χ0n) is 15.4. The van der Waals surface area contributed by atoms with Gasteiger partial charge in [-0.05, 0) is 36.8 Å². The van der Waals surface area contributed by atoms with Crippen molar-refractivity contribution in [2.75, 3.05) is 6.54 Å². The van der Waals surface area contributed by atoms with Gasteiger partial charge in [0.2, 0.25) is 5.91 Å². The number of nitrogens with one attached hydrogen (secondary N) is 1. The molecule has 1 heterocycles. The monoisotopic (exact) mass is 363 g/mol. The van der Waals surface area contributed by atoms with E-state index in [1.165, 1.54) is 11.1 Å². The number of hydrogen-bond acceptors (Lipinski definition) is 3. The van der Waals surface area contributed by atoms with E-state index >= 15 is 0 Å². The van der Waals surface area contributed by atoms with E-state index in [2.05, 4.69) is 29.6 Å². The first kappa shape index (κ1) is 17.8. The number of benzene rings is 2. The Balaban J connectivity index is 1.51. The molecule has 1 saturated carbocycles. The topological polar surface area (TPSA) is 55.4 Å². The van der Waals surface area contributed by atoms with E-state index in [1.54, 1.807) is 0 Å². The number of esters is 1. The van der Waals surface area contributed by atoms with Crippen molar-refractivity contribution in [2.24, 2.45) is 5.92 Å². The molecule has 0 aromatic heterocycles. The largest absolute Gasteiger partial charge is 0.458 e. The number of carbonyl (C=O) groups excluding carboxylic acids is 2. The average Bonchev–Trinajstić information content (AvgIpc) is 3.30. The lowest BCUT2D eigenvalue weighted by Crippen LogP contribution is -2.43. The molecule has 2 fully saturated rings. The van der Waals surface area contributed by atoms with Crippen LogP contribution in [0.3, 0.4) is 0 Å². The molecule has 1 aliphatic heterocycles. The molecule has 1 N–H and O–H groups in total. The molecule has 0 bridgehead atoms. The minimum Gasteiger partial charge on any atom is -0.458 e. The number of carbonyl (C=O) groups is 2. The van der Waals surface area contributed by atoms with Gasteiger partial charge in [0.1, 0.15) is 5.60 Å². The average molecular weight is 363 g/mol. The van der Waals surface area contributed by atoms with Gasteiger partial charge >= 0.3 is 5.97 Å². The van der Waals surface area contributed by atoms with Crippen LogP contribution in [-0.4, -0.2) is 24.0 Å². The Hall–Kier alpha value is -2.62. The summed E-state index contributed by atoms with van der Waals surface area (Å²) in [7, 11) is 0. The van der Waals surface area contributed by atoms with Crippen molar-refractivity contribution in [2.45, 2.75) is 43.6 Å². The molecule has 1 aliphatic carbocycles. The van der Waals surface area contributed by atoms with Gasteiger partial charge in [0.05, 0.1) is 12.3 Å². The third kappa shape index (κ3) is 3.61. The fourth-order valence-corrected chi connectivity index (χ4v) is 4.57. The van der Waals surface area contributed by atoms with Crippen molar-refractivity contribution >= 4 is 11.9 Å². The van der Waals surface area contributed by atoms with Gasteiger partial charge in [-0.3, -0.25) is 9.59 Å². The first-order valence-corrected chi connectivity index (χ1v) is 9.77. The number of rotatable bonds is 5. The van der Waals surface area contributed by atoms with Crippen molar-refractivity contribution in [3.8, 4) is 0 Å². The highest BCUT2D eigenvalue weighted by Crippen LogP contribution is 2.45. The molecular formula is C23H25NO3. The lowest BCUT2D eigenvalue weighted by molar-refractivity contribution is -0.149. The molecule has 2 aromatic carbocycles. The third-order valence-electron chi connectivity index (χ3n) is 5.97. The van der Waals surface area contributed by atoms with Crippen LogP contribution in [0.2, 0.25) is 0 Å². The van der Waals surface area contributed by atoms with E-state index in [-0.39, 0.29) is 30.1 Å². The SMILES string of the molecule is O=C1CC(C(=O)NCC(c2ccccc2)c2ccccc2)C2(CCCC2)O1. The van der Waals surface area contributed by atoms with Crippen molar-refractivity contribution in [1.29, 1.82) is 0 Å². The van der Waals surface area contributed by atoms with Crippen LogP contribution in [0.5, 0.6) is 0 Å². The molecule has 1 amide bonds. The summed E-state index contributed by atoms with van der Waals surface area (Å²) < 4.78 is 5.62. The molecule has 27 heavy (non-hydrogen) atoms. The molecule has 1 saturated heterocycles. The smallest absolute Gasteiger partial charge is 0.307 e. The van der Waals surface area contributed by atoms with Gasteiger partial charge in [0, 0.05) is 12.5 Å². The Morgan fingerprint density at radius 3 is 2.11 bits per heavy atom. The summed E-state index contributed by atoms with van der Waals surface area (Å²) >= 11 is 0. The van der Waals surface area contributed by atoms with E-state index < -0.39 is 5.60 Å². The van der Waals surface area contributed by atoms with Crippen molar-refractivity contribution in [1.82, 2.24) is 5.32 Å². The second-order valence-electron chi connectivity index (χ2n) is 7.62. The van der Waals surface area contributed by atoms with E-state index in [0.29, 0.717) is 6.54 Å². The Morgan fingerprint density at radius 1 is 1.00 bits per heavy atom. The van der Waals surface area contributed by atoms with Crippen LogP contribution in [0.25, 0.3) is 0 Å². The van der Waals surface area contributed by atoms with Crippen LogP contribution in [0.4, 0.5) is 0 Å². The molecule has 1 atom stereocenters. The maximum Gasteiger partial charge on any atom is 0.307 e. The van der Waals surface area contributed by atoms with Gasteiger partial charge in [-0.15, -0.1) is 0 Å². The summed E-state index contributed by atoms with van der Waals surface area (Å²) in [5, 5.41) is 3.12. The molecule has 2 aliphatic rings. The van der Waals surface area contributed by atoms with Crippen LogP contribution >= 0.6 is 0 Å². The molecule has 4 nitrogen and oxygen atoms in total. The predicted octanol–water partition coefficient (Wildman–Crippen LogP) is 3.81. The number of ether oxygens (including phenoxy) is 1. The zero-order chi connectivity index (χ0) is 18.7. The summed E-state index contributed by atoms with van der Waals surface area (Å²) in [6, 6.07) is 20.4. The highest BCUT2D eigenvalue weighted by molar-refractivity contribution is 5.88. The fourth-order valence-electron chi connectivity index (χ4n) is 4.57. The van der Waals surface area contributed by atoms with Gasteiger partial charge in [-0.2, -0.15) is 0 Å². The molecule has 2 aromatic rings. The summed E-state index contributed by atoms with van der Waals surface area (Å²) in [5.41, 5.74) is 1.77. The molecule has 4 rings (SSSR count). The summed E-state index contributed by atoms with van der Waals surface area (Å²) in [6.45, 7) is 0.508. The van der Waals surface area contributed by atoms with Crippen molar-refractivity contribution in [3.05, 3.63) is 71.8 Å². The van der Waals surface area contributed by atoms with Gasteiger partial charge in [-0.1, -0.05) is 60.7 Å². The van der Waals surface area contributed by atoms with E-state index in [4.69, 9.17) is 4.74 Å². The normalized spacial score (nSPS) is 20.8. The van der Waals surface area contributed by atoms with E-state index in [1.807, 2.05) is 36.4 Å². The summed E-state index contributed by atoms with van der Waals surface area (Å²) in [4.78, 5) is 24.9.